The third-order valence-corrected chi connectivity index (χ3v) is 2.97. The molecule has 1 aromatic carbocycles. The Balaban J connectivity index is 1.73. The highest BCUT2D eigenvalue weighted by atomic mass is 15.1. The van der Waals surface area contributed by atoms with E-state index in [1.54, 1.807) is 6.20 Å². The molecular weight excluding hydrogens is 226 g/mol. The van der Waals surface area contributed by atoms with Gasteiger partial charge in [-0.15, -0.1) is 0 Å². The lowest BCUT2D eigenvalue weighted by atomic mass is 10.3. The number of rotatable bonds is 4. The summed E-state index contributed by atoms with van der Waals surface area (Å²) >= 11 is 0. The summed E-state index contributed by atoms with van der Waals surface area (Å²) in [4.78, 5) is 7.89. The molecule has 3 rings (SSSR count). The van der Waals surface area contributed by atoms with E-state index in [2.05, 4.69) is 32.4 Å². The van der Waals surface area contributed by atoms with E-state index in [1.807, 2.05) is 30.3 Å². The van der Waals surface area contributed by atoms with Gasteiger partial charge in [-0.05, 0) is 25.1 Å². The maximum atomic E-state index is 4.57. The van der Waals surface area contributed by atoms with E-state index in [0.29, 0.717) is 0 Å². The number of hydrogen-bond acceptors (Lipinski definition) is 3. The molecule has 0 radical (unpaired) electrons. The molecule has 0 bridgehead atoms. The van der Waals surface area contributed by atoms with Crippen LogP contribution in [0.5, 0.6) is 0 Å². The van der Waals surface area contributed by atoms with Crippen molar-refractivity contribution in [1.82, 2.24) is 25.5 Å². The van der Waals surface area contributed by atoms with Gasteiger partial charge in [0.05, 0.1) is 17.1 Å². The second-order valence-electron chi connectivity index (χ2n) is 4.32. The first-order valence-electron chi connectivity index (χ1n) is 5.99. The number of hydrogen-bond donors (Lipinski definition) is 3. The largest absolute Gasteiger partial charge is 0.341 e. The molecule has 1 atom stereocenters. The Hall–Kier alpha value is -2.14. The first-order valence-corrected chi connectivity index (χ1v) is 5.99. The average molecular weight is 241 g/mol. The summed E-state index contributed by atoms with van der Waals surface area (Å²) < 4.78 is 0. The summed E-state index contributed by atoms with van der Waals surface area (Å²) in [5.74, 6) is 0.954. The van der Waals surface area contributed by atoms with Crippen molar-refractivity contribution >= 4 is 11.0 Å². The number of aromatic amines is 2. The standard InChI is InChI=1S/C13H15N5/c1-9(14-8-10-6-7-15-18-10)13-16-11-4-2-3-5-12(11)17-13/h2-7,9,14H,8H2,1H3,(H,15,18)(H,16,17). The number of nitrogens with one attached hydrogen (secondary N) is 3. The van der Waals surface area contributed by atoms with Crippen LogP contribution in [-0.4, -0.2) is 20.2 Å². The Morgan fingerprint density at radius 3 is 2.94 bits per heavy atom. The maximum Gasteiger partial charge on any atom is 0.124 e. The molecule has 18 heavy (non-hydrogen) atoms. The van der Waals surface area contributed by atoms with Crippen molar-refractivity contribution in [2.24, 2.45) is 0 Å². The first kappa shape index (κ1) is 11.0. The first-order chi connectivity index (χ1) is 8.83. The number of benzene rings is 1. The van der Waals surface area contributed by atoms with Crippen molar-refractivity contribution < 1.29 is 0 Å². The number of fused-ring (bicyclic) bond motifs is 1. The van der Waals surface area contributed by atoms with E-state index in [4.69, 9.17) is 0 Å². The smallest absolute Gasteiger partial charge is 0.124 e. The minimum Gasteiger partial charge on any atom is -0.341 e. The molecule has 2 heterocycles. The van der Waals surface area contributed by atoms with Crippen molar-refractivity contribution in [3.8, 4) is 0 Å². The molecule has 3 N–H and O–H groups in total. The van der Waals surface area contributed by atoms with Crippen LogP contribution in [0.15, 0.2) is 36.5 Å². The highest BCUT2D eigenvalue weighted by molar-refractivity contribution is 5.74. The van der Waals surface area contributed by atoms with Gasteiger partial charge < -0.3 is 10.3 Å². The predicted molar refractivity (Wildman–Crippen MR) is 69.9 cm³/mol. The molecule has 3 aromatic rings. The van der Waals surface area contributed by atoms with Crippen LogP contribution < -0.4 is 5.32 Å². The quantitative estimate of drug-likeness (QED) is 0.655. The van der Waals surface area contributed by atoms with Crippen LogP contribution >= 0.6 is 0 Å². The number of para-hydroxylation sites is 2. The number of H-pyrrole nitrogens is 2. The molecule has 2 aromatic heterocycles. The van der Waals surface area contributed by atoms with Gasteiger partial charge in [0.2, 0.25) is 0 Å². The number of imidazole rings is 1. The maximum absolute atomic E-state index is 4.57. The number of aromatic nitrogens is 4. The summed E-state index contributed by atoms with van der Waals surface area (Å²) in [6.45, 7) is 2.84. The van der Waals surface area contributed by atoms with Crippen LogP contribution in [0.2, 0.25) is 0 Å². The van der Waals surface area contributed by atoms with Gasteiger partial charge in [0.1, 0.15) is 5.82 Å². The fraction of sp³-hybridized carbons (Fsp3) is 0.231. The fourth-order valence-electron chi connectivity index (χ4n) is 1.92. The van der Waals surface area contributed by atoms with Crippen LogP contribution in [0.1, 0.15) is 24.5 Å². The average Bonchev–Trinajstić information content (AvgIpc) is 3.04. The predicted octanol–water partition coefficient (Wildman–Crippen LogP) is 2.14. The van der Waals surface area contributed by atoms with Crippen LogP contribution in [0.25, 0.3) is 11.0 Å². The molecule has 0 aliphatic rings. The Labute approximate surface area is 105 Å². The van der Waals surface area contributed by atoms with Crippen molar-refractivity contribution in [1.29, 1.82) is 0 Å². The van der Waals surface area contributed by atoms with Gasteiger partial charge in [0.15, 0.2) is 0 Å². The van der Waals surface area contributed by atoms with E-state index in [1.165, 1.54) is 0 Å². The molecule has 5 heteroatoms. The minimum atomic E-state index is 0.167. The monoisotopic (exact) mass is 241 g/mol. The van der Waals surface area contributed by atoms with Crippen molar-refractivity contribution in [3.63, 3.8) is 0 Å². The van der Waals surface area contributed by atoms with Crippen LogP contribution in [-0.2, 0) is 6.54 Å². The SMILES string of the molecule is CC(NCc1ccn[nH]1)c1nc2ccccc2[nH]1. The van der Waals surface area contributed by atoms with Crippen molar-refractivity contribution in [3.05, 3.63) is 48.0 Å². The summed E-state index contributed by atoms with van der Waals surface area (Å²) in [6.07, 6.45) is 1.75. The van der Waals surface area contributed by atoms with Gasteiger partial charge in [-0.2, -0.15) is 5.10 Å². The molecule has 0 aliphatic heterocycles. The molecule has 0 spiro atoms. The van der Waals surface area contributed by atoms with E-state index in [-0.39, 0.29) is 6.04 Å². The molecule has 0 aliphatic carbocycles. The highest BCUT2D eigenvalue weighted by Crippen LogP contribution is 2.15. The van der Waals surface area contributed by atoms with Crippen molar-refractivity contribution in [2.75, 3.05) is 0 Å². The zero-order valence-corrected chi connectivity index (χ0v) is 10.1. The van der Waals surface area contributed by atoms with Crippen LogP contribution in [0.3, 0.4) is 0 Å². The molecule has 0 saturated carbocycles. The lowest BCUT2D eigenvalue weighted by Gasteiger charge is -2.09. The van der Waals surface area contributed by atoms with E-state index in [0.717, 1.165) is 29.1 Å². The third kappa shape index (κ3) is 2.12. The normalized spacial score (nSPS) is 12.9. The Kier molecular flexibility index (Phi) is 2.82. The molecule has 5 nitrogen and oxygen atoms in total. The summed E-state index contributed by atoms with van der Waals surface area (Å²) in [7, 11) is 0. The second kappa shape index (κ2) is 4.62. The number of nitrogens with zero attached hydrogens (tertiary/aromatic N) is 2. The Bertz CT molecular complexity index is 593. The van der Waals surface area contributed by atoms with Gasteiger partial charge in [-0.1, -0.05) is 12.1 Å². The van der Waals surface area contributed by atoms with Gasteiger partial charge in [-0.25, -0.2) is 4.98 Å². The molecule has 1 unspecified atom stereocenters. The Morgan fingerprint density at radius 1 is 1.28 bits per heavy atom. The van der Waals surface area contributed by atoms with Gasteiger partial charge in [-0.3, -0.25) is 5.10 Å². The Morgan fingerprint density at radius 2 is 2.17 bits per heavy atom. The topological polar surface area (TPSA) is 69.4 Å². The van der Waals surface area contributed by atoms with E-state index >= 15 is 0 Å². The third-order valence-electron chi connectivity index (χ3n) is 2.97. The minimum absolute atomic E-state index is 0.167. The molecular formula is C13H15N5. The van der Waals surface area contributed by atoms with Gasteiger partial charge in [0, 0.05) is 18.4 Å². The summed E-state index contributed by atoms with van der Waals surface area (Å²) in [6, 6.07) is 10.2. The zero-order valence-electron chi connectivity index (χ0n) is 10.1. The van der Waals surface area contributed by atoms with Gasteiger partial charge in [0.25, 0.3) is 0 Å². The molecule has 0 saturated heterocycles. The molecule has 0 amide bonds. The molecule has 0 fully saturated rings. The lowest BCUT2D eigenvalue weighted by molar-refractivity contribution is 0.546. The van der Waals surface area contributed by atoms with Gasteiger partial charge >= 0.3 is 0 Å². The van der Waals surface area contributed by atoms with Crippen LogP contribution in [0.4, 0.5) is 0 Å². The van der Waals surface area contributed by atoms with Crippen molar-refractivity contribution in [2.45, 2.75) is 19.5 Å². The fourth-order valence-corrected chi connectivity index (χ4v) is 1.92. The second-order valence-corrected chi connectivity index (χ2v) is 4.32. The van der Waals surface area contributed by atoms with E-state index < -0.39 is 0 Å². The van der Waals surface area contributed by atoms with E-state index in [9.17, 15) is 0 Å². The highest BCUT2D eigenvalue weighted by Gasteiger charge is 2.10. The van der Waals surface area contributed by atoms with Crippen LogP contribution in [0, 0.1) is 0 Å². The molecule has 92 valence electrons. The summed E-state index contributed by atoms with van der Waals surface area (Å²) in [5.41, 5.74) is 3.14. The summed E-state index contributed by atoms with van der Waals surface area (Å²) in [5, 5.41) is 10.2. The zero-order chi connectivity index (χ0) is 12.4. The lowest BCUT2D eigenvalue weighted by Crippen LogP contribution is -2.19.